The van der Waals surface area contributed by atoms with Crippen molar-refractivity contribution in [3.63, 3.8) is 0 Å². The number of rotatable bonds is 14. The van der Waals surface area contributed by atoms with Gasteiger partial charge < -0.3 is 18.2 Å². The maximum absolute atomic E-state index is 15.6. The fourth-order valence-corrected chi connectivity index (χ4v) is 13.0. The maximum Gasteiger partial charge on any atom is 0.314 e. The molecule has 0 bridgehead atoms. The number of carbonyl (C=O) groups is 3. The van der Waals surface area contributed by atoms with E-state index in [-0.39, 0.29) is 82.4 Å². The Hall–Kier alpha value is -8.25. The van der Waals surface area contributed by atoms with E-state index in [1.807, 2.05) is 13.0 Å². The van der Waals surface area contributed by atoms with Gasteiger partial charge in [-0.2, -0.15) is 30.9 Å². The van der Waals surface area contributed by atoms with E-state index < -0.39 is 66.1 Å². The van der Waals surface area contributed by atoms with E-state index in [0.717, 1.165) is 39.6 Å². The predicted molar refractivity (Wildman–Crippen MR) is 261 cm³/mol. The highest BCUT2D eigenvalue weighted by Crippen LogP contribution is 2.47. The largest absolute Gasteiger partial charge is 0.414 e. The zero-order valence-electron chi connectivity index (χ0n) is 40.5. The van der Waals surface area contributed by atoms with Gasteiger partial charge in [-0.05, 0) is 41.7 Å². The van der Waals surface area contributed by atoms with Crippen molar-refractivity contribution < 1.29 is 58.5 Å². The van der Waals surface area contributed by atoms with Gasteiger partial charge in [-0.25, -0.2) is 9.97 Å². The molecule has 3 aliphatic heterocycles. The molecule has 0 saturated carbocycles. The molecule has 0 aliphatic carbocycles. The minimum absolute atomic E-state index is 0.0794. The Balaban J connectivity index is 0.914. The van der Waals surface area contributed by atoms with E-state index in [4.69, 9.17) is 18.2 Å². The van der Waals surface area contributed by atoms with E-state index in [1.54, 1.807) is 60.2 Å². The Morgan fingerprint density at radius 2 is 1.28 bits per heavy atom. The molecular weight excluding hydrogens is 1090 g/mol. The number of fused-ring (bicyclic) bond motifs is 3. The smallest absolute Gasteiger partial charge is 0.314 e. The van der Waals surface area contributed by atoms with E-state index in [0.29, 0.717) is 43.1 Å². The van der Waals surface area contributed by atoms with E-state index in [2.05, 4.69) is 50.5 Å². The molecule has 12 heterocycles. The summed E-state index contributed by atoms with van der Waals surface area (Å²) in [4.78, 5) is 72.0. The lowest BCUT2D eigenvalue weighted by Gasteiger charge is -2.31. The van der Waals surface area contributed by atoms with Crippen molar-refractivity contribution in [3.8, 4) is 32.3 Å². The molecule has 0 spiro atoms. The lowest BCUT2D eigenvalue weighted by Crippen LogP contribution is -2.61. The average molecular weight is 1130 g/mol. The van der Waals surface area contributed by atoms with Crippen LogP contribution in [0, 0.1) is 5.92 Å². The van der Waals surface area contributed by atoms with Gasteiger partial charge in [0.25, 0.3) is 45.9 Å². The van der Waals surface area contributed by atoms with Gasteiger partial charge in [0.05, 0.1) is 66.2 Å². The van der Waals surface area contributed by atoms with Crippen molar-refractivity contribution in [1.29, 1.82) is 0 Å². The van der Waals surface area contributed by atoms with Crippen molar-refractivity contribution >= 4 is 68.8 Å². The minimum atomic E-state index is -3.12. The maximum atomic E-state index is 15.6. The standard InChI is InChI=1S/C48H36F6N15O6S3/c1-20-10-33(70)66(27-13-56-8-5-23(20)27)19-34-69(16-30(77-34)41-61-64-44(74-41)38(51)52)48(3)25-6-9-57-14-28(25)68(47(48)72)18-32-59-35(36(78-32)42-62-65-45(75-42)39(53)54)24-11-22-4-7-55-12-26(22)67(46(71)21(24)2)17-31-58-15-29(76-31)40-60-63-43(73-40)37(49)50/h4-9,12-16,20-21,24,37-39H,10-11,17-19H2,1-3H3/q+1. The topological polar surface area (TPSA) is 246 Å². The van der Waals surface area contributed by atoms with Crippen LogP contribution in [0.1, 0.15) is 113 Å². The fourth-order valence-electron chi connectivity index (χ4n) is 9.97. The summed E-state index contributed by atoms with van der Waals surface area (Å²) in [7, 11) is 0. The molecule has 78 heavy (non-hydrogen) atoms. The van der Waals surface area contributed by atoms with Crippen LogP contribution in [0.15, 0.2) is 81.0 Å². The molecular formula is C48H36F6N15O6S3+. The summed E-state index contributed by atoms with van der Waals surface area (Å²) in [6.07, 6.45) is 3.41. The third-order valence-corrected chi connectivity index (χ3v) is 16.9. The Kier molecular flexibility index (Phi) is 12.7. The normalized spacial score (nSPS) is 19.4. The number of hydrogen-bond acceptors (Lipinski definition) is 20. The number of amides is 3. The predicted octanol–water partition coefficient (Wildman–Crippen LogP) is 8.96. The molecule has 21 nitrogen and oxygen atoms in total. The number of aromatic nitrogens is 12. The molecule has 3 aliphatic rings. The molecule has 3 amide bonds. The minimum Gasteiger partial charge on any atom is -0.414 e. The summed E-state index contributed by atoms with van der Waals surface area (Å²) in [6, 6.07) is 5.23. The Morgan fingerprint density at radius 3 is 1.97 bits per heavy atom. The zero-order chi connectivity index (χ0) is 54.3. The van der Waals surface area contributed by atoms with Gasteiger partial charge in [-0.1, -0.05) is 25.2 Å². The number of nitrogens with zero attached hydrogens (tertiary/aromatic N) is 15. The molecule has 398 valence electrons. The Labute approximate surface area is 446 Å². The van der Waals surface area contributed by atoms with Crippen molar-refractivity contribution in [3.05, 3.63) is 123 Å². The van der Waals surface area contributed by atoms with Gasteiger partial charge in [0.1, 0.15) is 26.3 Å². The molecule has 12 rings (SSSR count). The number of pyridine rings is 3. The van der Waals surface area contributed by atoms with Crippen molar-refractivity contribution in [2.75, 3.05) is 14.7 Å². The lowest BCUT2D eigenvalue weighted by molar-refractivity contribution is -0.736. The van der Waals surface area contributed by atoms with Crippen LogP contribution < -0.4 is 19.3 Å². The van der Waals surface area contributed by atoms with Crippen LogP contribution >= 0.6 is 34.0 Å². The average Bonchev–Trinajstić information content (AvgIpc) is 4.43. The van der Waals surface area contributed by atoms with Gasteiger partial charge in [-0.3, -0.25) is 39.1 Å². The Bertz CT molecular complexity index is 3810. The lowest BCUT2D eigenvalue weighted by atomic mass is 9.85. The number of anilines is 3. The second kappa shape index (κ2) is 19.6. The quantitative estimate of drug-likeness (QED) is 0.0728. The van der Waals surface area contributed by atoms with E-state index in [9.17, 15) is 35.9 Å². The first kappa shape index (κ1) is 50.6. The third kappa shape index (κ3) is 8.66. The van der Waals surface area contributed by atoms with Crippen LogP contribution in [-0.2, 0) is 46.0 Å². The number of halogens is 6. The second-order valence-electron chi connectivity index (χ2n) is 18.4. The number of alkyl halides is 6. The second-order valence-corrected chi connectivity index (χ2v) is 21.8. The monoisotopic (exact) mass is 1130 g/mol. The van der Waals surface area contributed by atoms with Gasteiger partial charge in [0, 0.05) is 43.8 Å². The van der Waals surface area contributed by atoms with Crippen molar-refractivity contribution in [1.82, 2.24) is 55.5 Å². The van der Waals surface area contributed by atoms with Crippen molar-refractivity contribution in [2.24, 2.45) is 5.92 Å². The number of hydrogen-bond donors (Lipinski definition) is 0. The van der Waals surface area contributed by atoms with Crippen LogP contribution in [0.4, 0.5) is 43.4 Å². The molecule has 4 unspecified atom stereocenters. The molecule has 30 heteroatoms. The van der Waals surface area contributed by atoms with Gasteiger partial charge in [0.2, 0.25) is 11.8 Å². The number of carbonyl (C=O) groups excluding carboxylic acids is 3. The van der Waals surface area contributed by atoms with Crippen LogP contribution in [0.3, 0.4) is 0 Å². The van der Waals surface area contributed by atoms with Crippen LogP contribution in [0.5, 0.6) is 0 Å². The van der Waals surface area contributed by atoms with Gasteiger partial charge >= 0.3 is 25.2 Å². The fraction of sp³-hybridized carbons (Fsp3) is 0.312. The molecule has 4 atom stereocenters. The molecule has 9 aromatic heterocycles. The molecule has 0 radical (unpaired) electrons. The summed E-state index contributed by atoms with van der Waals surface area (Å²) >= 11 is 3.11. The SMILES string of the molecule is CC1CC(=O)N(Cc2sc(-c3nnc(C(F)F)o3)c[n+]2C2(C)C(=O)N(Cc3nc(C4Cc5ccncc5N(Cc5ncc(-c6nnc(C(F)F)o6)s5)C(=O)C4C)c(-c4nnc(C(F)F)o4)s3)c3cnccc32)c2cnccc21. The summed E-state index contributed by atoms with van der Waals surface area (Å²) in [6.45, 7) is 4.90. The Morgan fingerprint density at radius 1 is 0.667 bits per heavy atom. The molecule has 9 aromatic rings. The highest BCUT2D eigenvalue weighted by molar-refractivity contribution is 7.15. The van der Waals surface area contributed by atoms with Crippen LogP contribution in [0.25, 0.3) is 32.3 Å². The highest BCUT2D eigenvalue weighted by Gasteiger charge is 2.58. The highest BCUT2D eigenvalue weighted by atomic mass is 32.1. The molecule has 0 N–H and O–H groups in total. The van der Waals surface area contributed by atoms with Gasteiger partial charge in [-0.15, -0.1) is 53.3 Å². The van der Waals surface area contributed by atoms with E-state index in [1.165, 1.54) is 34.6 Å². The molecule has 0 saturated heterocycles. The molecule has 0 aromatic carbocycles. The molecule has 0 fully saturated rings. The van der Waals surface area contributed by atoms with Crippen molar-refractivity contribution in [2.45, 2.75) is 89.9 Å². The summed E-state index contributed by atoms with van der Waals surface area (Å²) < 4.78 is 99.9. The summed E-state index contributed by atoms with van der Waals surface area (Å²) in [5.74, 6) is -6.32. The van der Waals surface area contributed by atoms with Gasteiger partial charge in [0.15, 0.2) is 11.1 Å². The third-order valence-electron chi connectivity index (χ3n) is 13.8. The van der Waals surface area contributed by atoms with Crippen LogP contribution in [0.2, 0.25) is 0 Å². The first-order valence-electron chi connectivity index (χ1n) is 23.7. The summed E-state index contributed by atoms with van der Waals surface area (Å²) in [5.41, 5.74) is 1.98. The first-order valence-corrected chi connectivity index (χ1v) is 26.1. The van der Waals surface area contributed by atoms with E-state index >= 15 is 4.79 Å². The summed E-state index contributed by atoms with van der Waals surface area (Å²) in [5, 5.41) is 23.2. The first-order chi connectivity index (χ1) is 37.5. The number of thiazole rings is 3. The van der Waals surface area contributed by atoms with Crippen LogP contribution in [-0.4, -0.2) is 73.2 Å². The zero-order valence-corrected chi connectivity index (χ0v) is 43.0.